The van der Waals surface area contributed by atoms with Gasteiger partial charge in [0.15, 0.2) is 0 Å². The summed E-state index contributed by atoms with van der Waals surface area (Å²) in [6.45, 7) is 3.74. The zero-order chi connectivity index (χ0) is 20.8. The van der Waals surface area contributed by atoms with E-state index in [9.17, 15) is 9.90 Å². The van der Waals surface area contributed by atoms with Crippen molar-refractivity contribution in [2.75, 3.05) is 18.5 Å². The first-order valence-corrected chi connectivity index (χ1v) is 9.24. The lowest BCUT2D eigenvalue weighted by atomic mass is 10.0. The van der Waals surface area contributed by atoms with Crippen molar-refractivity contribution in [3.63, 3.8) is 0 Å². The molecule has 148 valence electrons. The van der Waals surface area contributed by atoms with E-state index in [0.29, 0.717) is 35.0 Å². The van der Waals surface area contributed by atoms with Crippen molar-refractivity contribution >= 4 is 22.6 Å². The van der Waals surface area contributed by atoms with Crippen LogP contribution in [0.5, 0.6) is 0 Å². The van der Waals surface area contributed by atoms with E-state index in [4.69, 9.17) is 10.2 Å². The van der Waals surface area contributed by atoms with E-state index in [1.807, 2.05) is 13.1 Å². The van der Waals surface area contributed by atoms with Gasteiger partial charge in [-0.15, -0.1) is 0 Å². The Hall–Kier alpha value is -3.51. The van der Waals surface area contributed by atoms with Crippen LogP contribution in [0.2, 0.25) is 0 Å². The Morgan fingerprint density at radius 1 is 1.48 bits per heavy atom. The van der Waals surface area contributed by atoms with Crippen molar-refractivity contribution in [2.45, 2.75) is 25.3 Å². The molecule has 3 N–H and O–H groups in total. The largest absolute Gasteiger partial charge is 0.394 e. The third-order valence-electron chi connectivity index (χ3n) is 5.00. The summed E-state index contributed by atoms with van der Waals surface area (Å²) >= 11 is 0. The van der Waals surface area contributed by atoms with Gasteiger partial charge in [0.1, 0.15) is 23.1 Å². The summed E-state index contributed by atoms with van der Waals surface area (Å²) in [5.74, 6) is -0.155. The van der Waals surface area contributed by atoms with Crippen LogP contribution in [-0.4, -0.2) is 49.5 Å². The van der Waals surface area contributed by atoms with Crippen LogP contribution in [0.3, 0.4) is 0 Å². The maximum atomic E-state index is 12.7. The molecule has 1 aliphatic heterocycles. The molecule has 0 bridgehead atoms. The second kappa shape index (κ2) is 6.83. The molecule has 0 saturated carbocycles. The lowest BCUT2D eigenvalue weighted by Gasteiger charge is -2.25. The van der Waals surface area contributed by atoms with Gasteiger partial charge in [-0.25, -0.2) is 9.97 Å². The number of benzene rings is 1. The first-order chi connectivity index (χ1) is 13.8. The van der Waals surface area contributed by atoms with Gasteiger partial charge in [-0.05, 0) is 32.0 Å². The van der Waals surface area contributed by atoms with Gasteiger partial charge < -0.3 is 15.7 Å². The minimum Gasteiger partial charge on any atom is -0.394 e. The summed E-state index contributed by atoms with van der Waals surface area (Å²) in [7, 11) is 1.81. The molecule has 3 heterocycles. The number of aromatic nitrogens is 4. The van der Waals surface area contributed by atoms with E-state index in [2.05, 4.69) is 26.8 Å². The van der Waals surface area contributed by atoms with Gasteiger partial charge in [0.2, 0.25) is 5.91 Å². The van der Waals surface area contributed by atoms with E-state index < -0.39 is 11.5 Å². The molecule has 1 atom stereocenters. The Kier molecular flexibility index (Phi) is 4.43. The standard InChI is InChI=1S/C20H21N7O2/c1-20(2,10-28)25-19(29)13-8-22-18-17(13)24-14(9-23-18)16-12-5-4-11(7-21)6-15(12)27(3)26-16/h4-6,9,13,28H,8,10H2,1-3H3,(H,22,23)(H,25,29). The zero-order valence-corrected chi connectivity index (χ0v) is 16.4. The van der Waals surface area contributed by atoms with Gasteiger partial charge in [-0.3, -0.25) is 9.48 Å². The molecule has 1 amide bonds. The van der Waals surface area contributed by atoms with Crippen LogP contribution in [0.25, 0.3) is 22.3 Å². The number of fused-ring (bicyclic) bond motifs is 2. The first kappa shape index (κ1) is 18.8. The van der Waals surface area contributed by atoms with Crippen LogP contribution in [0.15, 0.2) is 24.4 Å². The van der Waals surface area contributed by atoms with E-state index in [0.717, 1.165) is 10.9 Å². The smallest absolute Gasteiger partial charge is 0.231 e. The summed E-state index contributed by atoms with van der Waals surface area (Å²) in [5.41, 5.74) is 2.41. The van der Waals surface area contributed by atoms with E-state index in [1.54, 1.807) is 36.9 Å². The Bertz CT molecular complexity index is 1160. The number of nitriles is 1. The van der Waals surface area contributed by atoms with Crippen molar-refractivity contribution in [2.24, 2.45) is 7.05 Å². The Labute approximate surface area is 167 Å². The molecule has 0 aliphatic carbocycles. The number of rotatable bonds is 4. The predicted octanol–water partition coefficient (Wildman–Crippen LogP) is 1.30. The Balaban J connectivity index is 1.73. The molecular weight excluding hydrogens is 370 g/mol. The van der Waals surface area contributed by atoms with E-state index in [-0.39, 0.29) is 12.5 Å². The fourth-order valence-corrected chi connectivity index (χ4v) is 3.39. The Morgan fingerprint density at radius 2 is 2.28 bits per heavy atom. The first-order valence-electron chi connectivity index (χ1n) is 9.24. The number of carbonyl (C=O) groups excluding carboxylic acids is 1. The van der Waals surface area contributed by atoms with Gasteiger partial charge in [0.05, 0.1) is 41.2 Å². The van der Waals surface area contributed by atoms with Crippen LogP contribution in [0.1, 0.15) is 31.0 Å². The van der Waals surface area contributed by atoms with Gasteiger partial charge in [-0.1, -0.05) is 0 Å². The maximum Gasteiger partial charge on any atom is 0.231 e. The molecule has 2 aromatic heterocycles. The van der Waals surface area contributed by atoms with Crippen LogP contribution in [0.4, 0.5) is 5.82 Å². The molecule has 0 radical (unpaired) electrons. The van der Waals surface area contributed by atoms with E-state index >= 15 is 0 Å². The van der Waals surface area contributed by atoms with Gasteiger partial charge >= 0.3 is 0 Å². The van der Waals surface area contributed by atoms with Crippen molar-refractivity contribution in [3.8, 4) is 17.5 Å². The van der Waals surface area contributed by atoms with Crippen molar-refractivity contribution in [1.29, 1.82) is 5.26 Å². The normalized spacial score (nSPS) is 15.6. The minimum atomic E-state index is -0.722. The highest BCUT2D eigenvalue weighted by Crippen LogP contribution is 2.33. The molecule has 0 fully saturated rings. The number of anilines is 1. The summed E-state index contributed by atoms with van der Waals surface area (Å²) in [6, 6.07) is 7.49. The monoisotopic (exact) mass is 391 g/mol. The SMILES string of the molecule is Cn1nc(-c2cnc3c(n2)C(C(=O)NC(C)(C)CO)CN3)c2ccc(C#N)cc21. The van der Waals surface area contributed by atoms with Crippen LogP contribution in [-0.2, 0) is 11.8 Å². The lowest BCUT2D eigenvalue weighted by Crippen LogP contribution is -2.48. The number of carbonyl (C=O) groups is 1. The molecule has 9 heteroatoms. The molecule has 3 aromatic rings. The molecule has 1 unspecified atom stereocenters. The number of aliphatic hydroxyl groups is 1. The maximum absolute atomic E-state index is 12.7. The highest BCUT2D eigenvalue weighted by atomic mass is 16.3. The van der Waals surface area contributed by atoms with Crippen LogP contribution >= 0.6 is 0 Å². The number of aliphatic hydroxyl groups excluding tert-OH is 1. The van der Waals surface area contributed by atoms with Crippen LogP contribution < -0.4 is 10.6 Å². The average Bonchev–Trinajstić information content (AvgIpc) is 3.28. The summed E-state index contributed by atoms with van der Waals surface area (Å²) in [6.07, 6.45) is 1.63. The highest BCUT2D eigenvalue weighted by molar-refractivity contribution is 5.93. The molecule has 4 rings (SSSR count). The zero-order valence-electron chi connectivity index (χ0n) is 16.4. The second-order valence-electron chi connectivity index (χ2n) is 7.77. The van der Waals surface area contributed by atoms with Gasteiger partial charge in [0, 0.05) is 19.0 Å². The summed E-state index contributed by atoms with van der Waals surface area (Å²) in [5, 5.41) is 29.9. The van der Waals surface area contributed by atoms with Crippen molar-refractivity contribution in [3.05, 3.63) is 35.7 Å². The predicted molar refractivity (Wildman–Crippen MR) is 107 cm³/mol. The quantitative estimate of drug-likeness (QED) is 0.611. The number of nitrogens with zero attached hydrogens (tertiary/aromatic N) is 5. The molecule has 9 nitrogen and oxygen atoms in total. The molecular formula is C20H21N7O2. The van der Waals surface area contributed by atoms with Crippen molar-refractivity contribution < 1.29 is 9.90 Å². The fourth-order valence-electron chi connectivity index (χ4n) is 3.39. The number of nitrogens with one attached hydrogen (secondary N) is 2. The third-order valence-corrected chi connectivity index (χ3v) is 5.00. The molecule has 1 aliphatic rings. The van der Waals surface area contributed by atoms with Crippen molar-refractivity contribution in [1.82, 2.24) is 25.1 Å². The fraction of sp³-hybridized carbons (Fsp3) is 0.350. The number of hydrogen-bond acceptors (Lipinski definition) is 7. The summed E-state index contributed by atoms with van der Waals surface area (Å²) < 4.78 is 1.70. The molecule has 0 saturated heterocycles. The highest BCUT2D eigenvalue weighted by Gasteiger charge is 2.34. The molecule has 0 spiro atoms. The summed E-state index contributed by atoms with van der Waals surface area (Å²) in [4.78, 5) is 21.9. The van der Waals surface area contributed by atoms with E-state index in [1.165, 1.54) is 0 Å². The average molecular weight is 391 g/mol. The number of hydrogen-bond donors (Lipinski definition) is 3. The Morgan fingerprint density at radius 3 is 3.00 bits per heavy atom. The molecule has 29 heavy (non-hydrogen) atoms. The number of aryl methyl sites for hydroxylation is 1. The lowest BCUT2D eigenvalue weighted by molar-refractivity contribution is -0.124. The minimum absolute atomic E-state index is 0.165. The second-order valence-corrected chi connectivity index (χ2v) is 7.77. The van der Waals surface area contributed by atoms with Gasteiger partial charge in [-0.2, -0.15) is 10.4 Å². The number of amides is 1. The van der Waals surface area contributed by atoms with Crippen LogP contribution in [0, 0.1) is 11.3 Å². The molecule has 1 aromatic carbocycles. The van der Waals surface area contributed by atoms with Gasteiger partial charge in [0.25, 0.3) is 0 Å². The topological polar surface area (TPSA) is 129 Å². The third kappa shape index (κ3) is 3.28.